The number of thioether (sulfide) groups is 1. The van der Waals surface area contributed by atoms with Crippen LogP contribution < -0.4 is 5.32 Å². The predicted molar refractivity (Wildman–Crippen MR) is 90.8 cm³/mol. The van der Waals surface area contributed by atoms with Gasteiger partial charge in [-0.05, 0) is 53.3 Å². The Morgan fingerprint density at radius 1 is 1.20 bits per heavy atom. The molecule has 0 fully saturated rings. The van der Waals surface area contributed by atoms with Crippen molar-refractivity contribution in [1.82, 2.24) is 5.32 Å². The summed E-state index contributed by atoms with van der Waals surface area (Å²) in [5, 5.41) is 3.18. The molecular formula is C15H14Br2FNS. The maximum absolute atomic E-state index is 13.9. The van der Waals surface area contributed by atoms with Crippen molar-refractivity contribution in [3.8, 4) is 0 Å². The summed E-state index contributed by atoms with van der Waals surface area (Å²) in [5.74, 6) is 0.576. The Morgan fingerprint density at radius 2 is 1.95 bits per heavy atom. The topological polar surface area (TPSA) is 12.0 Å². The van der Waals surface area contributed by atoms with Crippen LogP contribution in [0.15, 0.2) is 56.3 Å². The Balaban J connectivity index is 2.13. The second-order valence-corrected chi connectivity index (χ2v) is 7.08. The number of rotatable bonds is 5. The second kappa shape index (κ2) is 7.59. The molecule has 1 atom stereocenters. The van der Waals surface area contributed by atoms with E-state index in [9.17, 15) is 4.39 Å². The first-order valence-corrected chi connectivity index (χ1v) is 8.68. The lowest BCUT2D eigenvalue weighted by atomic mass is 10.1. The van der Waals surface area contributed by atoms with Crippen LogP contribution in [-0.2, 0) is 0 Å². The van der Waals surface area contributed by atoms with Gasteiger partial charge in [-0.1, -0.05) is 28.1 Å². The van der Waals surface area contributed by atoms with Gasteiger partial charge in [0, 0.05) is 31.2 Å². The molecular weight excluding hydrogens is 405 g/mol. The van der Waals surface area contributed by atoms with Crippen molar-refractivity contribution >= 4 is 43.6 Å². The van der Waals surface area contributed by atoms with Crippen molar-refractivity contribution in [2.24, 2.45) is 0 Å². The Labute approximate surface area is 139 Å². The minimum Gasteiger partial charge on any atom is -0.312 e. The molecule has 2 rings (SSSR count). The molecule has 0 aromatic heterocycles. The van der Waals surface area contributed by atoms with E-state index >= 15 is 0 Å². The quantitative estimate of drug-likeness (QED) is 0.652. The van der Waals surface area contributed by atoms with E-state index in [0.29, 0.717) is 5.56 Å². The summed E-state index contributed by atoms with van der Waals surface area (Å²) in [5.41, 5.74) is 0.682. The van der Waals surface area contributed by atoms with Crippen molar-refractivity contribution in [3.63, 3.8) is 0 Å². The Hall–Kier alpha value is -0.360. The minimum absolute atomic E-state index is 0.0374. The Kier molecular flexibility index (Phi) is 6.08. The van der Waals surface area contributed by atoms with Gasteiger partial charge < -0.3 is 5.32 Å². The highest BCUT2D eigenvalue weighted by Gasteiger charge is 2.15. The maximum Gasteiger partial charge on any atom is 0.128 e. The summed E-state index contributed by atoms with van der Waals surface area (Å²) < 4.78 is 15.9. The lowest BCUT2D eigenvalue weighted by Crippen LogP contribution is -2.20. The highest BCUT2D eigenvalue weighted by molar-refractivity contribution is 9.10. The monoisotopic (exact) mass is 417 g/mol. The molecule has 0 spiro atoms. The zero-order valence-electron chi connectivity index (χ0n) is 10.9. The van der Waals surface area contributed by atoms with Crippen molar-refractivity contribution in [3.05, 3.63) is 62.8 Å². The van der Waals surface area contributed by atoms with Gasteiger partial charge in [0.1, 0.15) is 5.82 Å². The van der Waals surface area contributed by atoms with Gasteiger partial charge in [-0.3, -0.25) is 0 Å². The van der Waals surface area contributed by atoms with Gasteiger partial charge >= 0.3 is 0 Å². The van der Waals surface area contributed by atoms with E-state index in [1.54, 1.807) is 17.8 Å². The van der Waals surface area contributed by atoms with Crippen molar-refractivity contribution < 1.29 is 4.39 Å². The van der Waals surface area contributed by atoms with Crippen LogP contribution in [0.1, 0.15) is 11.6 Å². The molecule has 1 unspecified atom stereocenters. The highest BCUT2D eigenvalue weighted by atomic mass is 79.9. The van der Waals surface area contributed by atoms with Gasteiger partial charge in [0.2, 0.25) is 0 Å². The molecule has 1 N–H and O–H groups in total. The van der Waals surface area contributed by atoms with Crippen LogP contribution in [0, 0.1) is 5.82 Å². The molecule has 2 aromatic rings. The summed E-state index contributed by atoms with van der Waals surface area (Å²) in [4.78, 5) is 1.16. The van der Waals surface area contributed by atoms with Gasteiger partial charge in [0.25, 0.3) is 0 Å². The molecule has 5 heteroatoms. The summed E-state index contributed by atoms with van der Waals surface area (Å²) in [7, 11) is 1.85. The van der Waals surface area contributed by atoms with E-state index in [1.807, 2.05) is 31.3 Å². The van der Waals surface area contributed by atoms with Crippen molar-refractivity contribution in [2.45, 2.75) is 10.9 Å². The van der Waals surface area contributed by atoms with Gasteiger partial charge in [0.15, 0.2) is 0 Å². The van der Waals surface area contributed by atoms with Crippen LogP contribution in [-0.4, -0.2) is 12.8 Å². The van der Waals surface area contributed by atoms with E-state index in [2.05, 4.69) is 43.2 Å². The number of halogens is 3. The van der Waals surface area contributed by atoms with Crippen LogP contribution in [0.5, 0.6) is 0 Å². The van der Waals surface area contributed by atoms with E-state index in [0.717, 1.165) is 19.6 Å². The lowest BCUT2D eigenvalue weighted by Gasteiger charge is -2.17. The summed E-state index contributed by atoms with van der Waals surface area (Å²) >= 11 is 8.62. The van der Waals surface area contributed by atoms with Gasteiger partial charge in [-0.2, -0.15) is 0 Å². The Bertz CT molecular complexity index is 592. The lowest BCUT2D eigenvalue weighted by molar-refractivity contribution is 0.565. The van der Waals surface area contributed by atoms with Crippen molar-refractivity contribution in [1.29, 1.82) is 0 Å². The van der Waals surface area contributed by atoms with E-state index < -0.39 is 0 Å². The summed E-state index contributed by atoms with van der Waals surface area (Å²) in [6, 6.07) is 13.1. The average molecular weight is 419 g/mol. The number of nitrogens with one attached hydrogen (secondary N) is 1. The predicted octanol–water partition coefficient (Wildman–Crippen LogP) is 5.40. The molecule has 0 saturated carbocycles. The number of hydrogen-bond acceptors (Lipinski definition) is 2. The second-order valence-electron chi connectivity index (χ2n) is 4.25. The average Bonchev–Trinajstić information content (AvgIpc) is 2.45. The van der Waals surface area contributed by atoms with E-state index in [-0.39, 0.29) is 11.9 Å². The van der Waals surface area contributed by atoms with Crippen LogP contribution in [0.3, 0.4) is 0 Å². The third-order valence-corrected chi connectivity index (χ3v) is 5.54. The van der Waals surface area contributed by atoms with Crippen LogP contribution in [0.25, 0.3) is 0 Å². The SMILES string of the molecule is CNC(CSc1ccccc1Br)c1cc(Br)ccc1F. The summed E-state index contributed by atoms with van der Waals surface area (Å²) in [6.45, 7) is 0. The first-order chi connectivity index (χ1) is 9.61. The molecule has 0 heterocycles. The molecule has 20 heavy (non-hydrogen) atoms. The van der Waals surface area contributed by atoms with Crippen molar-refractivity contribution in [2.75, 3.05) is 12.8 Å². The van der Waals surface area contributed by atoms with Crippen LogP contribution in [0.2, 0.25) is 0 Å². The molecule has 0 aliphatic carbocycles. The number of benzene rings is 2. The zero-order valence-corrected chi connectivity index (χ0v) is 14.9. The molecule has 0 radical (unpaired) electrons. The summed E-state index contributed by atoms with van der Waals surface area (Å²) in [6.07, 6.45) is 0. The third kappa shape index (κ3) is 4.07. The Morgan fingerprint density at radius 3 is 2.65 bits per heavy atom. The molecule has 0 bridgehead atoms. The largest absolute Gasteiger partial charge is 0.312 e. The molecule has 0 aliphatic heterocycles. The van der Waals surface area contributed by atoms with Crippen LogP contribution in [0.4, 0.5) is 4.39 Å². The minimum atomic E-state index is -0.180. The molecule has 0 saturated heterocycles. The first-order valence-electron chi connectivity index (χ1n) is 6.11. The standard InChI is InChI=1S/C15H14Br2FNS/c1-19-14(11-8-10(16)6-7-13(11)18)9-20-15-5-3-2-4-12(15)17/h2-8,14,19H,9H2,1H3. The molecule has 106 valence electrons. The van der Waals surface area contributed by atoms with E-state index in [4.69, 9.17) is 0 Å². The zero-order chi connectivity index (χ0) is 14.5. The van der Waals surface area contributed by atoms with Gasteiger partial charge in [-0.25, -0.2) is 4.39 Å². The fourth-order valence-corrected chi connectivity index (χ4v) is 3.93. The maximum atomic E-state index is 13.9. The highest BCUT2D eigenvalue weighted by Crippen LogP contribution is 2.31. The fraction of sp³-hybridized carbons (Fsp3) is 0.200. The van der Waals surface area contributed by atoms with Gasteiger partial charge in [-0.15, -0.1) is 11.8 Å². The third-order valence-electron chi connectivity index (χ3n) is 2.92. The number of hydrogen-bond donors (Lipinski definition) is 1. The fourth-order valence-electron chi connectivity index (χ4n) is 1.85. The van der Waals surface area contributed by atoms with Gasteiger partial charge in [0.05, 0.1) is 0 Å². The molecule has 2 aromatic carbocycles. The smallest absolute Gasteiger partial charge is 0.128 e. The first kappa shape index (κ1) is 16.0. The van der Waals surface area contributed by atoms with E-state index in [1.165, 1.54) is 6.07 Å². The van der Waals surface area contributed by atoms with Crippen LogP contribution >= 0.6 is 43.6 Å². The molecule has 0 aliphatic rings. The molecule has 1 nitrogen and oxygen atoms in total. The normalized spacial score (nSPS) is 12.4. The molecule has 0 amide bonds.